The molecule has 0 amide bonds. The lowest BCUT2D eigenvalue weighted by Crippen LogP contribution is -2.27. The molecule has 0 aliphatic carbocycles. The summed E-state index contributed by atoms with van der Waals surface area (Å²) in [5.41, 5.74) is 1.78. The molecule has 4 aromatic rings. The number of carbonyl (C=O) groups excluding carboxylic acids is 1. The van der Waals surface area contributed by atoms with Gasteiger partial charge in [-0.3, -0.25) is 9.59 Å². The fourth-order valence-electron chi connectivity index (χ4n) is 2.83. The van der Waals surface area contributed by atoms with E-state index in [4.69, 9.17) is 23.2 Å². The van der Waals surface area contributed by atoms with Crippen LogP contribution in [0, 0.1) is 6.92 Å². The van der Waals surface area contributed by atoms with Gasteiger partial charge in [0, 0.05) is 21.2 Å². The van der Waals surface area contributed by atoms with Crippen molar-refractivity contribution in [1.82, 2.24) is 14.8 Å². The van der Waals surface area contributed by atoms with E-state index in [9.17, 15) is 9.59 Å². The second-order valence-electron chi connectivity index (χ2n) is 6.16. The smallest absolute Gasteiger partial charge is 0.292 e. The predicted molar refractivity (Wildman–Crippen MR) is 113 cm³/mol. The predicted octanol–water partition coefficient (Wildman–Crippen LogP) is 5.02. The van der Waals surface area contributed by atoms with Gasteiger partial charge in [0.05, 0.1) is 9.71 Å². The van der Waals surface area contributed by atoms with Crippen molar-refractivity contribution in [2.45, 2.75) is 13.5 Å². The number of halogens is 2. The Morgan fingerprint density at radius 2 is 1.64 bits per heavy atom. The number of carbonyl (C=O) groups is 1. The summed E-state index contributed by atoms with van der Waals surface area (Å²) in [5, 5.41) is 6.38. The number of hydrogen-bond acceptors (Lipinski definition) is 5. The van der Waals surface area contributed by atoms with Gasteiger partial charge in [-0.15, -0.1) is 11.3 Å². The average Bonchev–Trinajstić information content (AvgIpc) is 3.07. The lowest BCUT2D eigenvalue weighted by molar-refractivity contribution is 0.0966. The van der Waals surface area contributed by atoms with Crippen LogP contribution < -0.4 is 5.56 Å². The third kappa shape index (κ3) is 3.58. The van der Waals surface area contributed by atoms with Crippen molar-refractivity contribution in [3.8, 4) is 11.3 Å². The average molecular weight is 430 g/mol. The second-order valence-corrected chi connectivity index (χ2v) is 8.24. The molecule has 0 N–H and O–H groups in total. The quantitative estimate of drug-likeness (QED) is 0.427. The standard InChI is InChI=1S/C20H13Cl2N3O2S/c1-11-23-18-19(28-11)17(13-4-8-15(22)9-5-13)24-25(20(18)27)10-16(26)12-2-6-14(21)7-3-12/h2-9H,10H2,1H3. The van der Waals surface area contributed by atoms with E-state index in [1.54, 1.807) is 36.4 Å². The molecular weight excluding hydrogens is 417 g/mol. The zero-order valence-corrected chi connectivity index (χ0v) is 17.0. The van der Waals surface area contributed by atoms with Crippen molar-refractivity contribution < 1.29 is 4.79 Å². The Morgan fingerprint density at radius 3 is 2.29 bits per heavy atom. The van der Waals surface area contributed by atoms with Crippen molar-refractivity contribution in [2.75, 3.05) is 0 Å². The summed E-state index contributed by atoms with van der Waals surface area (Å²) in [5.74, 6) is -0.236. The van der Waals surface area contributed by atoms with E-state index >= 15 is 0 Å². The fraction of sp³-hybridized carbons (Fsp3) is 0.100. The molecule has 0 spiro atoms. The van der Waals surface area contributed by atoms with Gasteiger partial charge in [-0.25, -0.2) is 9.67 Å². The highest BCUT2D eigenvalue weighted by Crippen LogP contribution is 2.30. The van der Waals surface area contributed by atoms with Gasteiger partial charge in [-0.05, 0) is 43.3 Å². The van der Waals surface area contributed by atoms with Crippen molar-refractivity contribution in [3.05, 3.63) is 79.5 Å². The van der Waals surface area contributed by atoms with Gasteiger partial charge in [0.25, 0.3) is 5.56 Å². The van der Waals surface area contributed by atoms with E-state index in [0.717, 1.165) is 10.6 Å². The van der Waals surface area contributed by atoms with Crippen LogP contribution in [0.3, 0.4) is 0 Å². The topological polar surface area (TPSA) is 64.8 Å². The number of thiazole rings is 1. The molecule has 0 fully saturated rings. The van der Waals surface area contributed by atoms with E-state index in [0.29, 0.717) is 31.5 Å². The molecule has 2 aromatic carbocycles. The molecule has 0 unspecified atom stereocenters. The normalized spacial score (nSPS) is 11.1. The lowest BCUT2D eigenvalue weighted by atomic mass is 10.1. The Balaban J connectivity index is 1.83. The van der Waals surface area contributed by atoms with Crippen LogP contribution in [0.4, 0.5) is 0 Å². The summed E-state index contributed by atoms with van der Waals surface area (Å²) in [4.78, 5) is 29.8. The molecule has 0 saturated carbocycles. The van der Waals surface area contributed by atoms with E-state index in [2.05, 4.69) is 10.1 Å². The van der Waals surface area contributed by atoms with E-state index < -0.39 is 0 Å². The number of Topliss-reactive ketones (excluding diaryl/α,β-unsaturated/α-hetero) is 1. The summed E-state index contributed by atoms with van der Waals surface area (Å²) in [7, 11) is 0. The Labute approximate surface area is 174 Å². The minimum atomic E-state index is -0.389. The number of rotatable bonds is 4. The highest BCUT2D eigenvalue weighted by molar-refractivity contribution is 7.19. The fourth-order valence-corrected chi connectivity index (χ4v) is 4.00. The third-order valence-corrected chi connectivity index (χ3v) is 5.67. The van der Waals surface area contributed by atoms with Gasteiger partial charge in [-0.2, -0.15) is 5.10 Å². The van der Waals surface area contributed by atoms with Crippen LogP contribution in [-0.4, -0.2) is 20.5 Å². The molecule has 28 heavy (non-hydrogen) atoms. The Bertz CT molecular complexity index is 1250. The Morgan fingerprint density at radius 1 is 1.04 bits per heavy atom. The number of ketones is 1. The number of nitrogens with zero attached hydrogens (tertiary/aromatic N) is 3. The number of benzene rings is 2. The number of hydrogen-bond donors (Lipinski definition) is 0. The maximum Gasteiger partial charge on any atom is 0.294 e. The van der Waals surface area contributed by atoms with Gasteiger partial charge in [0.1, 0.15) is 12.2 Å². The molecule has 0 aliphatic rings. The minimum Gasteiger partial charge on any atom is -0.292 e. The molecule has 4 rings (SSSR count). The SMILES string of the molecule is Cc1nc2c(=O)n(CC(=O)c3ccc(Cl)cc3)nc(-c3ccc(Cl)cc3)c2s1. The van der Waals surface area contributed by atoms with Gasteiger partial charge < -0.3 is 0 Å². The molecule has 140 valence electrons. The first kappa shape index (κ1) is 18.8. The van der Waals surface area contributed by atoms with Crippen LogP contribution in [0.2, 0.25) is 10.0 Å². The zero-order chi connectivity index (χ0) is 19.8. The maximum atomic E-state index is 12.9. The highest BCUT2D eigenvalue weighted by atomic mass is 35.5. The first-order chi connectivity index (χ1) is 13.4. The third-order valence-electron chi connectivity index (χ3n) is 4.18. The Kier molecular flexibility index (Phi) is 5.02. The summed E-state index contributed by atoms with van der Waals surface area (Å²) in [6.45, 7) is 1.65. The van der Waals surface area contributed by atoms with Crippen LogP contribution in [0.15, 0.2) is 53.3 Å². The molecule has 2 heterocycles. The van der Waals surface area contributed by atoms with Gasteiger partial charge in [0.15, 0.2) is 11.3 Å². The molecule has 0 bridgehead atoms. The van der Waals surface area contributed by atoms with Crippen LogP contribution in [0.1, 0.15) is 15.4 Å². The molecule has 2 aromatic heterocycles. The lowest BCUT2D eigenvalue weighted by Gasteiger charge is -2.08. The van der Waals surface area contributed by atoms with Crippen molar-refractivity contribution in [2.24, 2.45) is 0 Å². The summed E-state index contributed by atoms with van der Waals surface area (Å²) >= 11 is 13.3. The largest absolute Gasteiger partial charge is 0.294 e. The summed E-state index contributed by atoms with van der Waals surface area (Å²) in [6, 6.07) is 13.7. The van der Waals surface area contributed by atoms with E-state index in [1.165, 1.54) is 16.0 Å². The number of aryl methyl sites for hydroxylation is 1. The number of fused-ring (bicyclic) bond motifs is 1. The molecule has 0 aliphatic heterocycles. The molecule has 0 saturated heterocycles. The minimum absolute atomic E-state index is 0.187. The molecule has 0 atom stereocenters. The maximum absolute atomic E-state index is 12.9. The van der Waals surface area contributed by atoms with Crippen LogP contribution in [0.5, 0.6) is 0 Å². The number of aromatic nitrogens is 3. The van der Waals surface area contributed by atoms with Crippen LogP contribution in [0.25, 0.3) is 21.5 Å². The van der Waals surface area contributed by atoms with E-state index in [1.807, 2.05) is 19.1 Å². The second kappa shape index (κ2) is 7.47. The molecular formula is C20H13Cl2N3O2S. The van der Waals surface area contributed by atoms with Crippen LogP contribution in [-0.2, 0) is 6.54 Å². The highest BCUT2D eigenvalue weighted by Gasteiger charge is 2.18. The summed E-state index contributed by atoms with van der Waals surface area (Å²) < 4.78 is 1.86. The van der Waals surface area contributed by atoms with Gasteiger partial charge >= 0.3 is 0 Å². The van der Waals surface area contributed by atoms with E-state index in [-0.39, 0.29) is 17.9 Å². The summed E-state index contributed by atoms with van der Waals surface area (Å²) in [6.07, 6.45) is 0. The first-order valence-electron chi connectivity index (χ1n) is 8.35. The Hall–Kier alpha value is -2.54. The van der Waals surface area contributed by atoms with Crippen molar-refractivity contribution in [3.63, 3.8) is 0 Å². The first-order valence-corrected chi connectivity index (χ1v) is 9.92. The van der Waals surface area contributed by atoms with Crippen molar-refractivity contribution >= 4 is 50.5 Å². The van der Waals surface area contributed by atoms with Gasteiger partial charge in [-0.1, -0.05) is 35.3 Å². The zero-order valence-electron chi connectivity index (χ0n) is 14.6. The van der Waals surface area contributed by atoms with Crippen molar-refractivity contribution in [1.29, 1.82) is 0 Å². The molecule has 0 radical (unpaired) electrons. The van der Waals surface area contributed by atoms with Crippen LogP contribution >= 0.6 is 34.5 Å². The monoisotopic (exact) mass is 429 g/mol. The van der Waals surface area contributed by atoms with Gasteiger partial charge in [0.2, 0.25) is 0 Å². The molecule has 5 nitrogen and oxygen atoms in total. The molecule has 8 heteroatoms.